The van der Waals surface area contributed by atoms with Crippen molar-refractivity contribution in [3.63, 3.8) is 0 Å². The minimum atomic E-state index is -1.44. The van der Waals surface area contributed by atoms with Crippen molar-refractivity contribution in [1.29, 1.82) is 0 Å². The van der Waals surface area contributed by atoms with Crippen LogP contribution in [0.1, 0.15) is 37.5 Å². The second-order valence-corrected chi connectivity index (χ2v) is 13.3. The Labute approximate surface area is 237 Å². The SMILES string of the molecule is CC1=C(C)[C]([Ti+3])(C[SiH](c2ccc(C)cc2)c2ccc(C)cc2)C(c2ccccc2)=C1C.[Cl-].[Cl-].[Cl-]. The summed E-state index contributed by atoms with van der Waals surface area (Å²) in [4.78, 5) is 0. The van der Waals surface area contributed by atoms with Gasteiger partial charge < -0.3 is 37.2 Å². The van der Waals surface area contributed by atoms with Gasteiger partial charge in [0.1, 0.15) is 0 Å². The second kappa shape index (κ2) is 12.8. The van der Waals surface area contributed by atoms with E-state index in [0.29, 0.717) is 0 Å². The Kier molecular flexibility index (Phi) is 11.6. The summed E-state index contributed by atoms with van der Waals surface area (Å²) in [5.41, 5.74) is 10.0. The van der Waals surface area contributed by atoms with E-state index in [9.17, 15) is 0 Å². The van der Waals surface area contributed by atoms with E-state index in [1.165, 1.54) is 49.8 Å². The van der Waals surface area contributed by atoms with Gasteiger partial charge >= 0.3 is 202 Å². The van der Waals surface area contributed by atoms with Crippen LogP contribution in [0.5, 0.6) is 0 Å². The summed E-state index contributed by atoms with van der Waals surface area (Å²) < 4.78 is 0.0577. The second-order valence-electron chi connectivity index (χ2n) is 9.10. The van der Waals surface area contributed by atoms with Gasteiger partial charge in [-0.25, -0.2) is 0 Å². The van der Waals surface area contributed by atoms with Crippen molar-refractivity contribution in [1.82, 2.24) is 0 Å². The Morgan fingerprint density at radius 1 is 0.618 bits per heavy atom. The van der Waals surface area contributed by atoms with Crippen molar-refractivity contribution in [3.8, 4) is 0 Å². The maximum atomic E-state index is 2.49. The molecule has 0 fully saturated rings. The molecule has 0 saturated heterocycles. The van der Waals surface area contributed by atoms with Crippen LogP contribution in [-0.2, 0) is 20.4 Å². The third-order valence-corrected chi connectivity index (χ3v) is 12.4. The molecule has 0 spiro atoms. The first kappa shape index (κ1) is 31.0. The normalized spacial score (nSPS) is 17.3. The standard InChI is InChI=1S/C29H31Si.3ClH.Ti/c1-20-11-15-26(16-12-20)30(27-17-13-21(2)14-18-27)19-28-23(4)22(3)24(5)29(28)25-9-7-6-8-10-25;;;;/h6-18,30H,19H2,1-5H3;3*1H;/q;;;;+3/p-3. The van der Waals surface area contributed by atoms with E-state index in [1.807, 2.05) is 0 Å². The van der Waals surface area contributed by atoms with Crippen molar-refractivity contribution in [2.45, 2.75) is 44.4 Å². The first-order valence-corrected chi connectivity index (χ1v) is 13.9. The predicted octanol–water partition coefficient (Wildman–Crippen LogP) is -2.81. The summed E-state index contributed by atoms with van der Waals surface area (Å²) >= 11 is 2.49. The predicted molar refractivity (Wildman–Crippen MR) is 134 cm³/mol. The maximum Gasteiger partial charge on any atom is -1.00 e. The fourth-order valence-corrected chi connectivity index (χ4v) is 10.0. The van der Waals surface area contributed by atoms with Crippen LogP contribution in [0.2, 0.25) is 9.76 Å². The molecule has 0 saturated carbocycles. The minimum absolute atomic E-state index is 0. The molecular weight excluding hydrogens is 531 g/mol. The Morgan fingerprint density at radius 2 is 1.06 bits per heavy atom. The summed E-state index contributed by atoms with van der Waals surface area (Å²) in [6.45, 7) is 11.4. The molecule has 0 aromatic heterocycles. The van der Waals surface area contributed by atoms with Gasteiger partial charge in [0.15, 0.2) is 0 Å². The Morgan fingerprint density at radius 3 is 1.50 bits per heavy atom. The molecule has 0 nitrogen and oxygen atoms in total. The number of rotatable bonds is 5. The minimum Gasteiger partial charge on any atom is -1.00 e. The van der Waals surface area contributed by atoms with Gasteiger partial charge in [0.2, 0.25) is 0 Å². The molecule has 176 valence electrons. The van der Waals surface area contributed by atoms with Gasteiger partial charge in [-0.3, -0.25) is 0 Å². The zero-order chi connectivity index (χ0) is 22.2. The molecule has 0 amide bonds. The molecule has 0 radical (unpaired) electrons. The number of hydrogen-bond acceptors (Lipinski definition) is 0. The average Bonchev–Trinajstić information content (AvgIpc) is 2.94. The topological polar surface area (TPSA) is 0 Å². The molecule has 0 bridgehead atoms. The van der Waals surface area contributed by atoms with Crippen LogP contribution in [0.4, 0.5) is 0 Å². The molecule has 3 aromatic carbocycles. The van der Waals surface area contributed by atoms with Crippen LogP contribution in [0.25, 0.3) is 5.57 Å². The van der Waals surface area contributed by atoms with Crippen LogP contribution < -0.4 is 47.6 Å². The number of aryl methyl sites for hydroxylation is 2. The number of hydrogen-bond donors (Lipinski definition) is 0. The smallest absolute Gasteiger partial charge is 1.00 e. The molecule has 3 aromatic rings. The summed E-state index contributed by atoms with van der Waals surface area (Å²) in [5.74, 6) is 0. The molecule has 0 N–H and O–H groups in total. The van der Waals surface area contributed by atoms with Crippen molar-refractivity contribution in [2.24, 2.45) is 0 Å². The third kappa shape index (κ3) is 6.01. The summed E-state index contributed by atoms with van der Waals surface area (Å²) in [6.07, 6.45) is 0. The zero-order valence-corrected chi connectivity index (χ0v) is 25.4. The van der Waals surface area contributed by atoms with E-state index in [2.05, 4.69) is 134 Å². The quantitative estimate of drug-likeness (QED) is 0.295. The van der Waals surface area contributed by atoms with E-state index >= 15 is 0 Å². The molecule has 34 heavy (non-hydrogen) atoms. The maximum absolute atomic E-state index is 2.49. The van der Waals surface area contributed by atoms with Gasteiger partial charge in [-0.2, -0.15) is 0 Å². The Balaban J connectivity index is 0.00000193. The average molecular weight is 562 g/mol. The number of benzene rings is 3. The van der Waals surface area contributed by atoms with Gasteiger partial charge in [-0.1, -0.05) is 0 Å². The molecule has 0 aliphatic heterocycles. The fourth-order valence-electron chi connectivity index (χ4n) is 4.95. The summed E-state index contributed by atoms with van der Waals surface area (Å²) in [7, 11) is -1.44. The summed E-state index contributed by atoms with van der Waals surface area (Å²) in [5, 5.41) is 3.08. The third-order valence-electron chi connectivity index (χ3n) is 7.10. The van der Waals surface area contributed by atoms with Gasteiger partial charge in [-0.05, 0) is 0 Å². The first-order chi connectivity index (χ1) is 14.8. The van der Waals surface area contributed by atoms with Gasteiger partial charge in [0.25, 0.3) is 0 Å². The molecule has 0 heterocycles. The molecule has 4 rings (SSSR count). The molecule has 1 aliphatic carbocycles. The van der Waals surface area contributed by atoms with E-state index < -0.39 is 8.80 Å². The van der Waals surface area contributed by atoms with E-state index in [4.69, 9.17) is 0 Å². The van der Waals surface area contributed by atoms with Gasteiger partial charge in [-0.15, -0.1) is 0 Å². The Bertz CT molecular complexity index is 1110. The van der Waals surface area contributed by atoms with E-state index in [1.54, 1.807) is 5.57 Å². The Hall–Kier alpha value is -1.06. The van der Waals surface area contributed by atoms with Crippen LogP contribution in [0, 0.1) is 13.8 Å². The number of halogens is 3. The van der Waals surface area contributed by atoms with Crippen molar-refractivity contribution in [2.75, 3.05) is 0 Å². The van der Waals surface area contributed by atoms with E-state index in [0.717, 1.165) is 0 Å². The first-order valence-electron chi connectivity index (χ1n) is 11.1. The molecular formula is C29H31Cl3SiTi. The fraction of sp³-hybridized carbons (Fsp3) is 0.241. The van der Waals surface area contributed by atoms with Crippen LogP contribution >= 0.6 is 0 Å². The molecule has 1 atom stereocenters. The van der Waals surface area contributed by atoms with Gasteiger partial charge in [0, 0.05) is 0 Å². The monoisotopic (exact) mass is 560 g/mol. The van der Waals surface area contributed by atoms with Crippen LogP contribution in [0.3, 0.4) is 0 Å². The van der Waals surface area contributed by atoms with Gasteiger partial charge in [0.05, 0.1) is 0 Å². The largest absolute Gasteiger partial charge is 1.00 e. The van der Waals surface area contributed by atoms with E-state index in [-0.39, 0.29) is 40.9 Å². The van der Waals surface area contributed by atoms with Crippen LogP contribution in [0.15, 0.2) is 95.6 Å². The van der Waals surface area contributed by atoms with Crippen molar-refractivity contribution < 1.29 is 57.7 Å². The van der Waals surface area contributed by atoms with Crippen molar-refractivity contribution in [3.05, 3.63) is 112 Å². The molecule has 5 heteroatoms. The zero-order valence-electron chi connectivity index (χ0n) is 20.4. The molecule has 1 aliphatic rings. The van der Waals surface area contributed by atoms with Crippen molar-refractivity contribution >= 4 is 24.7 Å². The molecule has 1 unspecified atom stereocenters. The summed E-state index contributed by atoms with van der Waals surface area (Å²) in [6, 6.07) is 30.9. The number of allylic oxidation sites excluding steroid dienone is 4. The van der Waals surface area contributed by atoms with Crippen LogP contribution in [-0.4, -0.2) is 8.80 Å².